The average Bonchev–Trinajstić information content (AvgIpc) is 2.63. The summed E-state index contributed by atoms with van der Waals surface area (Å²) >= 11 is 4.41. The lowest BCUT2D eigenvalue weighted by atomic mass is 10.3. The molecule has 0 unspecified atom stereocenters. The number of rotatable bonds is 3. The SMILES string of the molecule is Cc1nc(Nc2ccc(Br)cc2)sc1C(=O)[O-]. The van der Waals surface area contributed by atoms with E-state index in [2.05, 4.69) is 26.2 Å². The largest absolute Gasteiger partial charge is 0.544 e. The number of hydrogen-bond donors (Lipinski definition) is 1. The van der Waals surface area contributed by atoms with Crippen molar-refractivity contribution in [3.05, 3.63) is 39.3 Å². The molecule has 17 heavy (non-hydrogen) atoms. The van der Waals surface area contributed by atoms with Gasteiger partial charge in [-0.15, -0.1) is 0 Å². The molecule has 1 aromatic carbocycles. The molecule has 4 nitrogen and oxygen atoms in total. The topological polar surface area (TPSA) is 65.0 Å². The number of benzene rings is 1. The highest BCUT2D eigenvalue weighted by molar-refractivity contribution is 9.10. The Morgan fingerprint density at radius 1 is 1.41 bits per heavy atom. The lowest BCUT2D eigenvalue weighted by molar-refractivity contribution is -0.254. The number of aromatic nitrogens is 1. The molecule has 0 bridgehead atoms. The van der Waals surface area contributed by atoms with Gasteiger partial charge in [0.1, 0.15) is 0 Å². The van der Waals surface area contributed by atoms with E-state index in [0.717, 1.165) is 21.5 Å². The summed E-state index contributed by atoms with van der Waals surface area (Å²) in [6.45, 7) is 1.65. The van der Waals surface area contributed by atoms with Crippen molar-refractivity contribution in [1.29, 1.82) is 0 Å². The highest BCUT2D eigenvalue weighted by atomic mass is 79.9. The third-order valence-corrected chi connectivity index (χ3v) is 3.66. The van der Waals surface area contributed by atoms with Crippen molar-refractivity contribution in [2.24, 2.45) is 0 Å². The quantitative estimate of drug-likeness (QED) is 0.944. The zero-order valence-electron chi connectivity index (χ0n) is 8.86. The monoisotopic (exact) mass is 311 g/mol. The summed E-state index contributed by atoms with van der Waals surface area (Å²) in [7, 11) is 0. The van der Waals surface area contributed by atoms with Gasteiger partial charge in [0.2, 0.25) is 0 Å². The van der Waals surface area contributed by atoms with Crippen LogP contribution in [0.5, 0.6) is 0 Å². The molecule has 0 radical (unpaired) electrons. The van der Waals surface area contributed by atoms with E-state index in [1.165, 1.54) is 0 Å². The predicted octanol–water partition coefficient (Wildman–Crippen LogP) is 2.32. The number of carboxylic acid groups (broad SMARTS) is 1. The van der Waals surface area contributed by atoms with Gasteiger partial charge in [0.15, 0.2) is 5.13 Å². The molecule has 1 N–H and O–H groups in total. The van der Waals surface area contributed by atoms with Gasteiger partial charge in [0, 0.05) is 10.2 Å². The Balaban J connectivity index is 2.22. The fraction of sp³-hybridized carbons (Fsp3) is 0.0909. The zero-order chi connectivity index (χ0) is 12.4. The summed E-state index contributed by atoms with van der Waals surface area (Å²) in [5.41, 5.74) is 1.32. The van der Waals surface area contributed by atoms with Crippen molar-refractivity contribution < 1.29 is 9.90 Å². The number of aromatic carboxylic acids is 1. The first-order valence-electron chi connectivity index (χ1n) is 4.77. The Morgan fingerprint density at radius 3 is 2.59 bits per heavy atom. The minimum absolute atomic E-state index is 0.157. The maximum atomic E-state index is 10.8. The van der Waals surface area contributed by atoms with Crippen LogP contribution in [-0.2, 0) is 0 Å². The van der Waals surface area contributed by atoms with E-state index in [0.29, 0.717) is 10.8 Å². The number of hydrogen-bond acceptors (Lipinski definition) is 5. The summed E-state index contributed by atoms with van der Waals surface area (Å²) in [5.74, 6) is -1.19. The van der Waals surface area contributed by atoms with E-state index in [1.807, 2.05) is 24.3 Å². The van der Waals surface area contributed by atoms with Crippen LogP contribution >= 0.6 is 27.3 Å². The van der Waals surface area contributed by atoms with E-state index < -0.39 is 5.97 Å². The van der Waals surface area contributed by atoms with Crippen molar-refractivity contribution in [2.75, 3.05) is 5.32 Å². The van der Waals surface area contributed by atoms with Crippen LogP contribution < -0.4 is 10.4 Å². The second-order valence-electron chi connectivity index (χ2n) is 3.35. The fourth-order valence-electron chi connectivity index (χ4n) is 1.30. The van der Waals surface area contributed by atoms with Crippen LogP contribution in [0.4, 0.5) is 10.8 Å². The highest BCUT2D eigenvalue weighted by Gasteiger charge is 2.08. The summed E-state index contributed by atoms with van der Waals surface area (Å²) in [6, 6.07) is 7.53. The Labute approximate surface area is 110 Å². The van der Waals surface area contributed by atoms with Crippen LogP contribution in [0.1, 0.15) is 15.4 Å². The molecule has 88 valence electrons. The van der Waals surface area contributed by atoms with Crippen LogP contribution in [0.3, 0.4) is 0 Å². The maximum Gasteiger partial charge on any atom is 0.188 e. The number of nitrogens with zero attached hydrogens (tertiary/aromatic N) is 1. The summed E-state index contributed by atoms with van der Waals surface area (Å²) in [5, 5.41) is 14.3. The van der Waals surface area contributed by atoms with Crippen LogP contribution in [0.25, 0.3) is 0 Å². The van der Waals surface area contributed by atoms with E-state index in [1.54, 1.807) is 6.92 Å². The number of nitrogens with one attached hydrogen (secondary N) is 1. The van der Waals surface area contributed by atoms with Crippen LogP contribution in [-0.4, -0.2) is 11.0 Å². The molecular formula is C11H8BrN2O2S-. The van der Waals surface area contributed by atoms with E-state index in [4.69, 9.17) is 0 Å². The summed E-state index contributed by atoms with van der Waals surface area (Å²) in [4.78, 5) is 15.0. The minimum atomic E-state index is -1.19. The number of anilines is 2. The Hall–Kier alpha value is -1.40. The molecule has 0 amide bonds. The third kappa shape index (κ3) is 2.83. The smallest absolute Gasteiger partial charge is 0.188 e. The van der Waals surface area contributed by atoms with E-state index in [-0.39, 0.29) is 4.88 Å². The first kappa shape index (κ1) is 12.1. The molecule has 2 rings (SSSR count). The lowest BCUT2D eigenvalue weighted by Gasteiger charge is -2.01. The number of carbonyl (C=O) groups is 1. The molecule has 0 saturated heterocycles. The lowest BCUT2D eigenvalue weighted by Crippen LogP contribution is -2.21. The van der Waals surface area contributed by atoms with Crippen molar-refractivity contribution in [2.45, 2.75) is 6.92 Å². The molecule has 0 aliphatic rings. The van der Waals surface area contributed by atoms with Gasteiger partial charge in [-0.3, -0.25) is 0 Å². The van der Waals surface area contributed by atoms with Gasteiger partial charge in [-0.05, 0) is 31.2 Å². The maximum absolute atomic E-state index is 10.8. The van der Waals surface area contributed by atoms with Gasteiger partial charge >= 0.3 is 0 Å². The van der Waals surface area contributed by atoms with E-state index in [9.17, 15) is 9.90 Å². The molecule has 0 atom stereocenters. The molecule has 0 aliphatic heterocycles. The van der Waals surface area contributed by atoms with Crippen LogP contribution in [0.2, 0.25) is 0 Å². The zero-order valence-corrected chi connectivity index (χ0v) is 11.3. The first-order valence-corrected chi connectivity index (χ1v) is 6.38. The van der Waals surface area contributed by atoms with Crippen molar-refractivity contribution in [1.82, 2.24) is 4.98 Å². The summed E-state index contributed by atoms with van der Waals surface area (Å²) in [6.07, 6.45) is 0. The molecular weight excluding hydrogens is 304 g/mol. The molecule has 0 fully saturated rings. The molecule has 2 aromatic rings. The standard InChI is InChI=1S/C11H9BrN2O2S/c1-6-9(10(15)16)17-11(13-6)14-8-4-2-7(12)3-5-8/h2-5H,1H3,(H,13,14)(H,15,16)/p-1. The van der Waals surface area contributed by atoms with Gasteiger partial charge < -0.3 is 15.2 Å². The number of aryl methyl sites for hydroxylation is 1. The summed E-state index contributed by atoms with van der Waals surface area (Å²) < 4.78 is 0.980. The molecule has 0 aliphatic carbocycles. The van der Waals surface area contributed by atoms with Crippen LogP contribution in [0.15, 0.2) is 28.7 Å². The molecule has 0 saturated carbocycles. The third-order valence-electron chi connectivity index (χ3n) is 2.08. The highest BCUT2D eigenvalue weighted by Crippen LogP contribution is 2.25. The minimum Gasteiger partial charge on any atom is -0.544 e. The normalized spacial score (nSPS) is 10.2. The van der Waals surface area contributed by atoms with Crippen molar-refractivity contribution in [3.8, 4) is 0 Å². The van der Waals surface area contributed by atoms with Gasteiger partial charge in [0.25, 0.3) is 0 Å². The second-order valence-corrected chi connectivity index (χ2v) is 5.27. The fourth-order valence-corrected chi connectivity index (χ4v) is 2.38. The molecule has 1 heterocycles. The van der Waals surface area contributed by atoms with Gasteiger partial charge in [0.05, 0.1) is 16.5 Å². The number of carboxylic acids is 1. The number of thiazole rings is 1. The van der Waals surface area contributed by atoms with Crippen molar-refractivity contribution >= 4 is 44.1 Å². The average molecular weight is 312 g/mol. The van der Waals surface area contributed by atoms with Gasteiger partial charge in [-0.2, -0.15) is 0 Å². The molecule has 1 aromatic heterocycles. The van der Waals surface area contributed by atoms with E-state index >= 15 is 0 Å². The molecule has 6 heteroatoms. The Kier molecular flexibility index (Phi) is 3.44. The second kappa shape index (κ2) is 4.85. The number of halogens is 1. The molecule has 0 spiro atoms. The Bertz CT molecular complexity index is 551. The van der Waals surface area contributed by atoms with Crippen molar-refractivity contribution in [3.63, 3.8) is 0 Å². The number of carbonyl (C=O) groups excluding carboxylic acids is 1. The first-order chi connectivity index (χ1) is 8.06. The van der Waals surface area contributed by atoms with Gasteiger partial charge in [-0.25, -0.2) is 4.98 Å². The van der Waals surface area contributed by atoms with Crippen LogP contribution in [0, 0.1) is 6.92 Å². The predicted molar refractivity (Wildman–Crippen MR) is 68.6 cm³/mol. The Morgan fingerprint density at radius 2 is 2.06 bits per heavy atom. The van der Waals surface area contributed by atoms with Gasteiger partial charge in [-0.1, -0.05) is 27.3 Å².